The number of hydrogen-bond donors (Lipinski definition) is 0. The number of aryl methyl sites for hydroxylation is 1. The molecule has 28 heavy (non-hydrogen) atoms. The standard InChI is InChI=1S/C24H34F2O2/c1-4-5-17-6-10-19(11-7-17)20-12-8-18(9-13-20)15-28-24-16(2)14-21(27-3)22(25)23(24)26/h8,14,17,19-20H,4-7,9-13,15H2,1-3H3. The summed E-state index contributed by atoms with van der Waals surface area (Å²) in [6, 6.07) is 1.48. The Morgan fingerprint density at radius 2 is 1.79 bits per heavy atom. The van der Waals surface area contributed by atoms with Crippen LogP contribution in [0, 0.1) is 36.3 Å². The van der Waals surface area contributed by atoms with Crippen LogP contribution >= 0.6 is 0 Å². The van der Waals surface area contributed by atoms with Gasteiger partial charge < -0.3 is 9.47 Å². The molecule has 0 radical (unpaired) electrons. The van der Waals surface area contributed by atoms with Crippen molar-refractivity contribution in [2.24, 2.45) is 17.8 Å². The Morgan fingerprint density at radius 3 is 2.39 bits per heavy atom. The van der Waals surface area contributed by atoms with Crippen molar-refractivity contribution in [1.82, 2.24) is 0 Å². The molecule has 1 atom stereocenters. The Bertz CT molecular complexity index is 690. The molecule has 2 aliphatic carbocycles. The molecule has 0 N–H and O–H groups in total. The molecule has 0 bridgehead atoms. The van der Waals surface area contributed by atoms with Gasteiger partial charge >= 0.3 is 0 Å². The second-order valence-electron chi connectivity index (χ2n) is 8.61. The first-order valence-electron chi connectivity index (χ1n) is 10.9. The van der Waals surface area contributed by atoms with Gasteiger partial charge in [0.15, 0.2) is 11.5 Å². The Balaban J connectivity index is 1.52. The predicted molar refractivity (Wildman–Crippen MR) is 109 cm³/mol. The molecule has 2 nitrogen and oxygen atoms in total. The van der Waals surface area contributed by atoms with Crippen LogP contribution in [-0.2, 0) is 0 Å². The number of allylic oxidation sites excluding steroid dienone is 1. The van der Waals surface area contributed by atoms with Crippen LogP contribution in [0.15, 0.2) is 17.7 Å². The molecular weight excluding hydrogens is 358 g/mol. The Kier molecular flexibility index (Phi) is 7.36. The molecule has 156 valence electrons. The number of hydrogen-bond acceptors (Lipinski definition) is 2. The average Bonchev–Trinajstić information content (AvgIpc) is 2.72. The summed E-state index contributed by atoms with van der Waals surface area (Å²) in [5.41, 5.74) is 1.75. The van der Waals surface area contributed by atoms with Crippen LogP contribution in [0.2, 0.25) is 0 Å². The summed E-state index contributed by atoms with van der Waals surface area (Å²) in [6.07, 6.45) is 13.8. The van der Waals surface area contributed by atoms with Gasteiger partial charge in [0.1, 0.15) is 6.61 Å². The van der Waals surface area contributed by atoms with E-state index in [-0.39, 0.29) is 11.5 Å². The van der Waals surface area contributed by atoms with Crippen molar-refractivity contribution in [2.75, 3.05) is 13.7 Å². The van der Waals surface area contributed by atoms with Crippen LogP contribution in [0.4, 0.5) is 8.78 Å². The fourth-order valence-corrected chi connectivity index (χ4v) is 5.02. The second kappa shape index (κ2) is 9.76. The molecule has 0 amide bonds. The van der Waals surface area contributed by atoms with E-state index in [2.05, 4.69) is 13.0 Å². The maximum Gasteiger partial charge on any atom is 0.204 e. The van der Waals surface area contributed by atoms with Gasteiger partial charge in [-0.25, -0.2) is 0 Å². The molecule has 3 rings (SSSR count). The summed E-state index contributed by atoms with van der Waals surface area (Å²) in [6.45, 7) is 4.33. The molecule has 1 unspecified atom stereocenters. The molecule has 0 heterocycles. The smallest absolute Gasteiger partial charge is 0.204 e. The summed E-state index contributed by atoms with van der Waals surface area (Å²) in [4.78, 5) is 0. The molecule has 0 aromatic heterocycles. The lowest BCUT2D eigenvalue weighted by Crippen LogP contribution is -2.24. The summed E-state index contributed by atoms with van der Waals surface area (Å²) < 4.78 is 38.7. The third kappa shape index (κ3) is 4.87. The van der Waals surface area contributed by atoms with Crippen molar-refractivity contribution in [3.05, 3.63) is 34.9 Å². The van der Waals surface area contributed by atoms with E-state index in [0.29, 0.717) is 12.2 Å². The zero-order chi connectivity index (χ0) is 20.1. The molecule has 0 saturated heterocycles. The van der Waals surface area contributed by atoms with Crippen molar-refractivity contribution in [3.8, 4) is 11.5 Å². The third-order valence-corrected chi connectivity index (χ3v) is 6.74. The lowest BCUT2D eigenvalue weighted by Gasteiger charge is -2.35. The highest BCUT2D eigenvalue weighted by Crippen LogP contribution is 2.41. The third-order valence-electron chi connectivity index (χ3n) is 6.74. The fourth-order valence-electron chi connectivity index (χ4n) is 5.02. The van der Waals surface area contributed by atoms with E-state index in [1.165, 1.54) is 63.7 Å². The van der Waals surface area contributed by atoms with E-state index in [0.717, 1.165) is 30.6 Å². The van der Waals surface area contributed by atoms with Crippen molar-refractivity contribution < 1.29 is 18.3 Å². The number of ether oxygens (including phenoxy) is 2. The molecule has 4 heteroatoms. The van der Waals surface area contributed by atoms with E-state index < -0.39 is 11.6 Å². The van der Waals surface area contributed by atoms with Gasteiger partial charge in [0.25, 0.3) is 0 Å². The summed E-state index contributed by atoms with van der Waals surface area (Å²) in [5.74, 6) is 0.554. The van der Waals surface area contributed by atoms with Crippen LogP contribution in [0.5, 0.6) is 11.5 Å². The summed E-state index contributed by atoms with van der Waals surface area (Å²) in [5, 5.41) is 0. The monoisotopic (exact) mass is 392 g/mol. The first-order chi connectivity index (χ1) is 13.5. The van der Waals surface area contributed by atoms with E-state index in [4.69, 9.17) is 9.47 Å². The lowest BCUT2D eigenvalue weighted by atomic mass is 9.71. The highest BCUT2D eigenvalue weighted by molar-refractivity contribution is 5.42. The van der Waals surface area contributed by atoms with Gasteiger partial charge in [0, 0.05) is 0 Å². The topological polar surface area (TPSA) is 18.5 Å². The number of rotatable bonds is 7. The van der Waals surface area contributed by atoms with Gasteiger partial charge in [0.05, 0.1) is 7.11 Å². The predicted octanol–water partition coefficient (Wildman–Crippen LogP) is 6.99. The first kappa shape index (κ1) is 21.1. The maximum atomic E-state index is 14.3. The Labute approximate surface area is 168 Å². The van der Waals surface area contributed by atoms with Gasteiger partial charge in [-0.3, -0.25) is 0 Å². The molecule has 1 fully saturated rings. The largest absolute Gasteiger partial charge is 0.494 e. The molecule has 1 saturated carbocycles. The number of benzene rings is 1. The molecule has 2 aliphatic rings. The van der Waals surface area contributed by atoms with Crippen LogP contribution in [0.25, 0.3) is 0 Å². The van der Waals surface area contributed by atoms with Gasteiger partial charge in [-0.05, 0) is 74.0 Å². The van der Waals surface area contributed by atoms with Crippen molar-refractivity contribution in [1.29, 1.82) is 0 Å². The van der Waals surface area contributed by atoms with E-state index in [1.54, 1.807) is 6.92 Å². The van der Waals surface area contributed by atoms with E-state index in [1.807, 2.05) is 0 Å². The molecule has 1 aromatic carbocycles. The quantitative estimate of drug-likeness (QED) is 0.465. The molecule has 1 aromatic rings. The Morgan fingerprint density at radius 1 is 1.04 bits per heavy atom. The molecule has 0 aliphatic heterocycles. The molecular formula is C24H34F2O2. The van der Waals surface area contributed by atoms with Crippen LogP contribution < -0.4 is 9.47 Å². The SMILES string of the molecule is CCCC1CCC(C2CC=C(COc3c(C)cc(OC)c(F)c3F)CC2)CC1. The van der Waals surface area contributed by atoms with Gasteiger partial charge in [-0.1, -0.05) is 38.7 Å². The average molecular weight is 393 g/mol. The summed E-state index contributed by atoms with van der Waals surface area (Å²) in [7, 11) is 1.33. The van der Waals surface area contributed by atoms with Crippen LogP contribution in [0.1, 0.15) is 70.3 Å². The van der Waals surface area contributed by atoms with Gasteiger partial charge in [-0.2, -0.15) is 8.78 Å². The number of halogens is 2. The van der Waals surface area contributed by atoms with E-state index in [9.17, 15) is 8.78 Å². The minimum atomic E-state index is -0.987. The van der Waals surface area contributed by atoms with Gasteiger partial charge in [0.2, 0.25) is 11.6 Å². The lowest BCUT2D eigenvalue weighted by molar-refractivity contribution is 0.184. The van der Waals surface area contributed by atoms with Crippen LogP contribution in [-0.4, -0.2) is 13.7 Å². The summed E-state index contributed by atoms with van der Waals surface area (Å²) >= 11 is 0. The van der Waals surface area contributed by atoms with Crippen molar-refractivity contribution in [2.45, 2.75) is 71.6 Å². The van der Waals surface area contributed by atoms with Crippen molar-refractivity contribution >= 4 is 0 Å². The maximum absolute atomic E-state index is 14.3. The minimum Gasteiger partial charge on any atom is -0.494 e. The zero-order valence-electron chi connectivity index (χ0n) is 17.5. The number of methoxy groups -OCH3 is 1. The fraction of sp³-hybridized carbons (Fsp3) is 0.667. The van der Waals surface area contributed by atoms with Crippen molar-refractivity contribution in [3.63, 3.8) is 0 Å². The zero-order valence-corrected chi connectivity index (χ0v) is 17.5. The second-order valence-corrected chi connectivity index (χ2v) is 8.61. The first-order valence-corrected chi connectivity index (χ1v) is 10.9. The normalized spacial score (nSPS) is 25.3. The highest BCUT2D eigenvalue weighted by Gasteiger charge is 2.28. The highest BCUT2D eigenvalue weighted by atomic mass is 19.2. The Hall–Kier alpha value is -1.58. The molecule has 0 spiro atoms. The van der Waals surface area contributed by atoms with E-state index >= 15 is 0 Å². The van der Waals surface area contributed by atoms with Crippen LogP contribution in [0.3, 0.4) is 0 Å². The minimum absolute atomic E-state index is 0.00410. The van der Waals surface area contributed by atoms with Gasteiger partial charge in [-0.15, -0.1) is 0 Å².